The molecule has 1 spiro atoms. The third-order valence-electron chi connectivity index (χ3n) is 10.1. The molecule has 3 fully saturated rings. The van der Waals surface area contributed by atoms with Crippen molar-refractivity contribution in [1.82, 2.24) is 9.88 Å². The van der Waals surface area contributed by atoms with Gasteiger partial charge in [0.15, 0.2) is 0 Å². The minimum atomic E-state index is -0.0226. The number of hydrogen-bond donors (Lipinski definition) is 2. The van der Waals surface area contributed by atoms with E-state index in [2.05, 4.69) is 59.8 Å². The lowest BCUT2D eigenvalue weighted by Gasteiger charge is -2.47. The summed E-state index contributed by atoms with van der Waals surface area (Å²) in [5, 5.41) is 5.92. The van der Waals surface area contributed by atoms with Crippen LogP contribution in [0.5, 0.6) is 0 Å². The summed E-state index contributed by atoms with van der Waals surface area (Å²) in [7, 11) is 2.18. The quantitative estimate of drug-likeness (QED) is 0.666. The van der Waals surface area contributed by atoms with Crippen molar-refractivity contribution in [3.8, 4) is 0 Å². The number of fused-ring (bicyclic) bond motifs is 2. The van der Waals surface area contributed by atoms with Crippen LogP contribution in [0.4, 0.5) is 0 Å². The highest BCUT2D eigenvalue weighted by Gasteiger charge is 2.58. The molecule has 3 heterocycles. The number of carbonyl (C=O) groups excluding carboxylic acids is 1. The number of benzene rings is 1. The van der Waals surface area contributed by atoms with Gasteiger partial charge in [-0.15, -0.1) is 11.3 Å². The van der Waals surface area contributed by atoms with Crippen molar-refractivity contribution in [2.75, 3.05) is 26.7 Å². The molecule has 2 aliphatic heterocycles. The van der Waals surface area contributed by atoms with Gasteiger partial charge in [0.2, 0.25) is 5.91 Å². The highest BCUT2D eigenvalue weighted by atomic mass is 32.1. The molecule has 36 heavy (non-hydrogen) atoms. The molecule has 0 radical (unpaired) electrons. The maximum absolute atomic E-state index is 14.6. The van der Waals surface area contributed by atoms with Crippen LogP contribution in [-0.4, -0.2) is 48.5 Å². The molecule has 1 saturated carbocycles. The Morgan fingerprint density at radius 3 is 2.72 bits per heavy atom. The first-order chi connectivity index (χ1) is 17.6. The Kier molecular flexibility index (Phi) is 6.95. The number of carbonyl (C=O) groups is 1. The maximum Gasteiger partial charge on any atom is 0.232 e. The van der Waals surface area contributed by atoms with E-state index in [0.29, 0.717) is 29.8 Å². The van der Waals surface area contributed by atoms with Gasteiger partial charge in [0.05, 0.1) is 30.6 Å². The van der Waals surface area contributed by atoms with Gasteiger partial charge in [-0.25, -0.2) is 4.98 Å². The van der Waals surface area contributed by atoms with Crippen LogP contribution in [0.15, 0.2) is 30.3 Å². The van der Waals surface area contributed by atoms with E-state index in [9.17, 15) is 4.79 Å². The van der Waals surface area contributed by atoms with E-state index in [1.54, 1.807) is 0 Å². The number of hydrogen-bond acceptors (Lipinski definition) is 3. The lowest BCUT2D eigenvalue weighted by atomic mass is 9.67. The van der Waals surface area contributed by atoms with Gasteiger partial charge in [0, 0.05) is 23.9 Å². The Morgan fingerprint density at radius 2 is 1.94 bits per heavy atom. The van der Waals surface area contributed by atoms with Gasteiger partial charge in [0.1, 0.15) is 17.7 Å². The first kappa shape index (κ1) is 24.6. The molecule has 5 nitrogen and oxygen atoms in total. The summed E-state index contributed by atoms with van der Waals surface area (Å²) in [6.07, 6.45) is 11.1. The van der Waals surface area contributed by atoms with E-state index < -0.39 is 0 Å². The highest BCUT2D eigenvalue weighted by molar-refractivity contribution is 7.11. The Bertz CT molecular complexity index is 1060. The minimum Gasteiger partial charge on any atom is -0.345 e. The van der Waals surface area contributed by atoms with E-state index in [4.69, 9.17) is 4.98 Å². The SMILES string of the molecule is C[NH2+]C1CC[C@]2(C[NH2+]CC2C(=O)N2CC[C@@H](c3ccccc3)C[C@H]2C2CCCCC2)c2sc(C)nc21. The molecule has 194 valence electrons. The van der Waals surface area contributed by atoms with Gasteiger partial charge in [-0.1, -0.05) is 49.6 Å². The lowest BCUT2D eigenvalue weighted by molar-refractivity contribution is -0.673. The highest BCUT2D eigenvalue weighted by Crippen LogP contribution is 2.50. The van der Waals surface area contributed by atoms with E-state index in [1.807, 2.05) is 11.3 Å². The van der Waals surface area contributed by atoms with Crippen LogP contribution in [0.1, 0.15) is 90.9 Å². The molecular formula is C30H44N4OS+2. The molecule has 1 aromatic carbocycles. The fraction of sp³-hybridized carbons (Fsp3) is 0.667. The summed E-state index contributed by atoms with van der Waals surface area (Å²) in [6.45, 7) is 5.05. The number of likely N-dealkylation sites (tertiary alicyclic amines) is 1. The molecule has 0 bridgehead atoms. The second-order valence-corrected chi connectivity index (χ2v) is 13.2. The van der Waals surface area contributed by atoms with Crippen LogP contribution in [0.2, 0.25) is 0 Å². The Labute approximate surface area is 220 Å². The van der Waals surface area contributed by atoms with Crippen molar-refractivity contribution in [2.45, 2.75) is 88.1 Å². The first-order valence-electron chi connectivity index (χ1n) is 14.5. The van der Waals surface area contributed by atoms with Crippen molar-refractivity contribution in [2.24, 2.45) is 11.8 Å². The maximum atomic E-state index is 14.6. The van der Waals surface area contributed by atoms with Crippen molar-refractivity contribution < 1.29 is 15.4 Å². The van der Waals surface area contributed by atoms with Crippen molar-refractivity contribution in [3.63, 3.8) is 0 Å². The van der Waals surface area contributed by atoms with Gasteiger partial charge in [-0.05, 0) is 56.4 Å². The standard InChI is InChI=1S/C30H42N4OS/c1-20-33-27-25(31-2)13-15-30(28(27)36-20)19-32-18-24(30)29(35)34-16-14-23(21-9-5-3-6-10-21)17-26(34)22-11-7-4-8-12-22/h3,5-6,9-10,22-26,31-32H,4,7-8,11-19H2,1-2H3/p+2/t23-,24?,25?,26+,30-/m1/s1. The average molecular weight is 509 g/mol. The first-order valence-corrected chi connectivity index (χ1v) is 15.4. The van der Waals surface area contributed by atoms with Crippen LogP contribution >= 0.6 is 11.3 Å². The monoisotopic (exact) mass is 508 g/mol. The zero-order valence-electron chi connectivity index (χ0n) is 22.1. The third-order valence-corrected chi connectivity index (χ3v) is 11.3. The molecule has 2 aromatic rings. The lowest BCUT2D eigenvalue weighted by Crippen LogP contribution is -2.83. The van der Waals surface area contributed by atoms with Crippen LogP contribution < -0.4 is 10.6 Å². The third kappa shape index (κ3) is 4.23. The van der Waals surface area contributed by atoms with E-state index in [1.165, 1.54) is 48.2 Å². The number of nitrogens with two attached hydrogens (primary N) is 2. The molecule has 2 aliphatic carbocycles. The van der Waals surface area contributed by atoms with Crippen molar-refractivity contribution in [3.05, 3.63) is 51.5 Å². The van der Waals surface area contributed by atoms with E-state index in [0.717, 1.165) is 50.3 Å². The number of aromatic nitrogens is 1. The predicted octanol–water partition coefficient (Wildman–Crippen LogP) is 3.27. The summed E-state index contributed by atoms with van der Waals surface area (Å²) in [5.41, 5.74) is 2.73. The van der Waals surface area contributed by atoms with Crippen molar-refractivity contribution in [1.29, 1.82) is 0 Å². The van der Waals surface area contributed by atoms with Crippen molar-refractivity contribution >= 4 is 17.2 Å². The summed E-state index contributed by atoms with van der Waals surface area (Å²) in [5.74, 6) is 1.80. The fourth-order valence-electron chi connectivity index (χ4n) is 8.24. The molecule has 1 amide bonds. The smallest absolute Gasteiger partial charge is 0.232 e. The molecule has 6 heteroatoms. The Balaban J connectivity index is 1.30. The van der Waals surface area contributed by atoms with Gasteiger partial charge in [0.25, 0.3) is 0 Å². The zero-order chi connectivity index (χ0) is 24.7. The number of amides is 1. The van der Waals surface area contributed by atoms with Crippen LogP contribution in [0.3, 0.4) is 0 Å². The van der Waals surface area contributed by atoms with Gasteiger partial charge in [-0.3, -0.25) is 4.79 Å². The second-order valence-electron chi connectivity index (χ2n) is 12.0. The number of thiazole rings is 1. The molecule has 2 unspecified atom stereocenters. The van der Waals surface area contributed by atoms with Crippen LogP contribution in [-0.2, 0) is 10.2 Å². The molecule has 6 rings (SSSR count). The normalized spacial score (nSPS) is 33.1. The van der Waals surface area contributed by atoms with Crippen LogP contribution in [0.25, 0.3) is 0 Å². The second kappa shape index (κ2) is 10.2. The molecule has 4 aliphatic rings. The number of nitrogens with zero attached hydrogens (tertiary/aromatic N) is 2. The van der Waals surface area contributed by atoms with Crippen LogP contribution in [0, 0.1) is 18.8 Å². The number of quaternary nitrogens is 2. The summed E-state index contributed by atoms with van der Waals surface area (Å²) >= 11 is 1.88. The number of piperidine rings is 1. The number of rotatable bonds is 4. The Hall–Kier alpha value is -1.76. The summed E-state index contributed by atoms with van der Waals surface area (Å²) in [6, 6.07) is 11.9. The molecule has 2 saturated heterocycles. The summed E-state index contributed by atoms with van der Waals surface area (Å²) < 4.78 is 0. The van der Waals surface area contributed by atoms with E-state index in [-0.39, 0.29) is 11.3 Å². The summed E-state index contributed by atoms with van der Waals surface area (Å²) in [4.78, 5) is 23.5. The van der Waals surface area contributed by atoms with Gasteiger partial charge in [-0.2, -0.15) is 0 Å². The zero-order valence-corrected chi connectivity index (χ0v) is 22.9. The number of aryl methyl sites for hydroxylation is 1. The topological polar surface area (TPSA) is 66.4 Å². The molecule has 5 atom stereocenters. The van der Waals surface area contributed by atoms with E-state index >= 15 is 0 Å². The predicted molar refractivity (Wildman–Crippen MR) is 144 cm³/mol. The molecule has 4 N–H and O–H groups in total. The minimum absolute atomic E-state index is 0.0226. The molecular weight excluding hydrogens is 464 g/mol. The largest absolute Gasteiger partial charge is 0.345 e. The fourth-order valence-corrected chi connectivity index (χ4v) is 9.52. The van der Waals surface area contributed by atoms with Gasteiger partial charge >= 0.3 is 0 Å². The molecule has 1 aromatic heterocycles. The van der Waals surface area contributed by atoms with Gasteiger partial charge < -0.3 is 15.5 Å². The average Bonchev–Trinajstić information content (AvgIpc) is 3.54. The Morgan fingerprint density at radius 1 is 1.14 bits per heavy atom.